The van der Waals surface area contributed by atoms with Crippen LogP contribution in [0.2, 0.25) is 10.0 Å². The molecule has 45 heavy (non-hydrogen) atoms. The second-order valence-corrected chi connectivity index (χ2v) is 14.0. The van der Waals surface area contributed by atoms with Crippen molar-refractivity contribution in [3.63, 3.8) is 0 Å². The smallest absolute Gasteiger partial charge is 0.266 e. The Kier molecular flexibility index (Phi) is 11.2. The van der Waals surface area contributed by atoms with Gasteiger partial charge in [0.1, 0.15) is 11.6 Å². The lowest BCUT2D eigenvalue weighted by atomic mass is 9.96. The first-order valence-corrected chi connectivity index (χ1v) is 17.4. The van der Waals surface area contributed by atoms with E-state index in [4.69, 9.17) is 37.5 Å². The fourth-order valence-electron chi connectivity index (χ4n) is 5.63. The molecule has 2 fully saturated rings. The maximum Gasteiger partial charge on any atom is 0.266 e. The van der Waals surface area contributed by atoms with E-state index in [0.29, 0.717) is 66.0 Å². The number of piperidine rings is 1. The number of ether oxygens (including phenoxy) is 1. The minimum atomic E-state index is -3.97. The lowest BCUT2D eigenvalue weighted by molar-refractivity contribution is -0.119. The zero-order chi connectivity index (χ0) is 32.0. The molecule has 14 heteroatoms. The Labute approximate surface area is 274 Å². The SMILES string of the molecule is CC(=O)NCC1CCN(Cc2cc(Oc3ccc(N4CCN(CCS(=O)(=O)O)CC4)nc3)nc(-c3cc(Cl)cc(Cl)c3)c2)CC1. The summed E-state index contributed by atoms with van der Waals surface area (Å²) >= 11 is 12.6. The number of likely N-dealkylation sites (tertiary alicyclic amines) is 1. The van der Waals surface area contributed by atoms with E-state index >= 15 is 0 Å². The Morgan fingerprint density at radius 2 is 1.71 bits per heavy atom. The van der Waals surface area contributed by atoms with Crippen LogP contribution in [0.25, 0.3) is 11.3 Å². The van der Waals surface area contributed by atoms with E-state index < -0.39 is 10.1 Å². The lowest BCUT2D eigenvalue weighted by Crippen LogP contribution is -2.47. The van der Waals surface area contributed by atoms with Crippen LogP contribution < -0.4 is 15.0 Å². The Balaban J connectivity index is 1.26. The monoisotopic (exact) mass is 676 g/mol. The number of nitrogens with one attached hydrogen (secondary N) is 1. The first kappa shape index (κ1) is 33.4. The second-order valence-electron chi connectivity index (χ2n) is 11.6. The molecule has 2 aliphatic rings. The summed E-state index contributed by atoms with van der Waals surface area (Å²) in [6.45, 7) is 7.90. The molecule has 0 atom stereocenters. The van der Waals surface area contributed by atoms with Crippen molar-refractivity contribution in [3.05, 3.63) is 64.3 Å². The van der Waals surface area contributed by atoms with Crippen LogP contribution in [0.15, 0.2) is 48.7 Å². The average Bonchev–Trinajstić information content (AvgIpc) is 2.99. The molecule has 3 aromatic rings. The van der Waals surface area contributed by atoms with Crippen molar-refractivity contribution in [1.82, 2.24) is 25.1 Å². The molecule has 2 aromatic heterocycles. The van der Waals surface area contributed by atoms with E-state index in [1.54, 1.807) is 19.2 Å². The van der Waals surface area contributed by atoms with E-state index in [2.05, 4.69) is 20.1 Å². The third-order valence-corrected chi connectivity index (χ3v) is 9.21. The molecule has 1 aromatic carbocycles. The first-order chi connectivity index (χ1) is 21.5. The molecule has 0 saturated carbocycles. The second kappa shape index (κ2) is 15.1. The first-order valence-electron chi connectivity index (χ1n) is 15.0. The van der Waals surface area contributed by atoms with Gasteiger partial charge in [-0.3, -0.25) is 19.1 Å². The summed E-state index contributed by atoms with van der Waals surface area (Å²) in [6.07, 6.45) is 3.70. The average molecular weight is 678 g/mol. The van der Waals surface area contributed by atoms with Crippen LogP contribution in [0.4, 0.5) is 5.82 Å². The quantitative estimate of drug-likeness (QED) is 0.278. The fraction of sp³-hybridized carbons (Fsp3) is 0.452. The van der Waals surface area contributed by atoms with Gasteiger partial charge in [0.2, 0.25) is 11.8 Å². The number of nitrogens with zero attached hydrogens (tertiary/aromatic N) is 5. The number of benzene rings is 1. The highest BCUT2D eigenvalue weighted by molar-refractivity contribution is 7.85. The molecular weight excluding hydrogens is 639 g/mol. The molecular formula is C31H38Cl2N6O5S. The number of piperazine rings is 1. The third kappa shape index (κ3) is 10.2. The summed E-state index contributed by atoms with van der Waals surface area (Å²) in [7, 11) is -3.97. The number of hydrogen-bond donors (Lipinski definition) is 2. The van der Waals surface area contributed by atoms with Crippen molar-refractivity contribution in [1.29, 1.82) is 0 Å². The van der Waals surface area contributed by atoms with Crippen molar-refractivity contribution in [3.8, 4) is 22.9 Å². The standard InChI is InChI=1S/C31H38Cl2N6O5S/c1-22(40)34-19-23-4-6-38(7-5-23)21-24-14-29(25-16-26(32)18-27(33)17-25)36-31(15-24)44-28-2-3-30(35-20-28)39-10-8-37(9-11-39)12-13-45(41,42)43/h2-3,14-18,20,23H,4-13,19,21H2,1H3,(H,34,40)(H,41,42,43). The Bertz CT molecular complexity index is 1560. The summed E-state index contributed by atoms with van der Waals surface area (Å²) in [4.78, 5) is 27.2. The van der Waals surface area contributed by atoms with Gasteiger partial charge in [-0.25, -0.2) is 9.97 Å². The van der Waals surface area contributed by atoms with Gasteiger partial charge in [-0.2, -0.15) is 8.42 Å². The topological polar surface area (TPSA) is 128 Å². The summed E-state index contributed by atoms with van der Waals surface area (Å²) in [5, 5.41) is 3.98. The Hall–Kier alpha value is -3.00. The van der Waals surface area contributed by atoms with Gasteiger partial charge < -0.3 is 15.0 Å². The maximum absolute atomic E-state index is 11.3. The number of aromatic nitrogens is 2. The van der Waals surface area contributed by atoms with Crippen molar-refractivity contribution in [2.45, 2.75) is 26.3 Å². The number of halogens is 2. The number of carbonyl (C=O) groups excluding carboxylic acids is 1. The summed E-state index contributed by atoms with van der Waals surface area (Å²) < 4.78 is 37.4. The predicted molar refractivity (Wildman–Crippen MR) is 176 cm³/mol. The maximum atomic E-state index is 11.3. The molecule has 0 unspecified atom stereocenters. The van der Waals surface area contributed by atoms with Gasteiger partial charge in [0.15, 0.2) is 0 Å². The molecule has 0 spiro atoms. The molecule has 11 nitrogen and oxygen atoms in total. The van der Waals surface area contributed by atoms with E-state index in [1.807, 2.05) is 41.3 Å². The van der Waals surface area contributed by atoms with Crippen LogP contribution in [0.3, 0.4) is 0 Å². The molecule has 242 valence electrons. The van der Waals surface area contributed by atoms with Crippen LogP contribution in [-0.2, 0) is 21.5 Å². The molecule has 1 amide bonds. The van der Waals surface area contributed by atoms with Gasteiger partial charge in [0.25, 0.3) is 10.1 Å². The minimum absolute atomic E-state index is 0.00886. The predicted octanol–water partition coefficient (Wildman–Crippen LogP) is 4.60. The molecule has 0 bridgehead atoms. The fourth-order valence-corrected chi connectivity index (χ4v) is 6.65. The van der Waals surface area contributed by atoms with Crippen LogP contribution in [-0.4, -0.2) is 96.8 Å². The van der Waals surface area contributed by atoms with Gasteiger partial charge in [0, 0.05) is 74.4 Å². The van der Waals surface area contributed by atoms with Crippen molar-refractivity contribution >= 4 is 45.0 Å². The zero-order valence-electron chi connectivity index (χ0n) is 25.2. The van der Waals surface area contributed by atoms with Crippen LogP contribution in [0.1, 0.15) is 25.3 Å². The normalized spacial score (nSPS) is 16.9. The summed E-state index contributed by atoms with van der Waals surface area (Å²) in [6, 6.07) is 13.1. The van der Waals surface area contributed by atoms with E-state index in [9.17, 15) is 13.2 Å². The van der Waals surface area contributed by atoms with Crippen molar-refractivity contribution in [2.24, 2.45) is 5.92 Å². The molecule has 5 rings (SSSR count). The Morgan fingerprint density at radius 1 is 1.00 bits per heavy atom. The summed E-state index contributed by atoms with van der Waals surface area (Å²) in [5.41, 5.74) is 2.53. The summed E-state index contributed by atoms with van der Waals surface area (Å²) in [5.74, 6) is 2.00. The highest BCUT2D eigenvalue weighted by Gasteiger charge is 2.22. The molecule has 2 N–H and O–H groups in total. The number of anilines is 1. The molecule has 0 aliphatic carbocycles. The highest BCUT2D eigenvalue weighted by atomic mass is 35.5. The number of amides is 1. The minimum Gasteiger partial charge on any atom is -0.437 e. The van der Waals surface area contributed by atoms with E-state index in [-0.39, 0.29) is 11.7 Å². The highest BCUT2D eigenvalue weighted by Crippen LogP contribution is 2.31. The van der Waals surface area contributed by atoms with Gasteiger partial charge in [0.05, 0.1) is 17.6 Å². The third-order valence-electron chi connectivity index (χ3n) is 8.08. The van der Waals surface area contributed by atoms with E-state index in [1.165, 1.54) is 0 Å². The largest absolute Gasteiger partial charge is 0.437 e. The molecule has 4 heterocycles. The van der Waals surface area contributed by atoms with Crippen LogP contribution in [0, 0.1) is 5.92 Å². The molecule has 2 aliphatic heterocycles. The van der Waals surface area contributed by atoms with Gasteiger partial charge in [-0.05, 0) is 73.8 Å². The molecule has 0 radical (unpaired) electrons. The number of rotatable bonds is 11. The zero-order valence-corrected chi connectivity index (χ0v) is 27.5. The number of pyridine rings is 2. The van der Waals surface area contributed by atoms with Gasteiger partial charge in [-0.1, -0.05) is 23.2 Å². The van der Waals surface area contributed by atoms with Crippen molar-refractivity contribution < 1.29 is 22.5 Å². The van der Waals surface area contributed by atoms with Crippen LogP contribution in [0.5, 0.6) is 11.6 Å². The Morgan fingerprint density at radius 3 is 2.33 bits per heavy atom. The van der Waals surface area contributed by atoms with Gasteiger partial charge >= 0.3 is 0 Å². The number of carbonyl (C=O) groups is 1. The van der Waals surface area contributed by atoms with Crippen LogP contribution >= 0.6 is 23.2 Å². The van der Waals surface area contributed by atoms with E-state index in [0.717, 1.165) is 56.0 Å². The lowest BCUT2D eigenvalue weighted by Gasteiger charge is -2.35. The van der Waals surface area contributed by atoms with Crippen molar-refractivity contribution in [2.75, 3.05) is 63.0 Å². The molecule has 2 saturated heterocycles. The van der Waals surface area contributed by atoms with Gasteiger partial charge in [-0.15, -0.1) is 0 Å². The number of hydrogen-bond acceptors (Lipinski definition) is 9.